The molecule has 0 aromatic heterocycles. The van der Waals surface area contributed by atoms with Crippen LogP contribution in [0.2, 0.25) is 0 Å². The van der Waals surface area contributed by atoms with Crippen LogP contribution >= 0.6 is 11.8 Å². The standard InChI is InChI=1S/C27H33N3OS/c1-17(2)30-23-13-18(3)20(14-22(23)19(4)16-27(30,5)6)15-24-25(31)29(7)26(32-24)28-21-11-9-8-10-12-21/h8-15,17,19H,16H2,1-7H3/b24-15-,28-26?/t19-/m0/s1. The summed E-state index contributed by atoms with van der Waals surface area (Å²) >= 11 is 1.45. The fourth-order valence-electron chi connectivity index (χ4n) is 5.15. The number of carbonyl (C=O) groups is 1. The van der Waals surface area contributed by atoms with Gasteiger partial charge >= 0.3 is 0 Å². The molecule has 0 aliphatic carbocycles. The SMILES string of the molecule is Cc1cc2c(cc1/C=C1\SC(=Nc3ccccc3)N(C)C1=O)[C@@H](C)CC(C)(C)N2C(C)C. The van der Waals surface area contributed by atoms with Crippen LogP contribution in [0.5, 0.6) is 0 Å². The molecule has 4 nitrogen and oxygen atoms in total. The van der Waals surface area contributed by atoms with Crippen molar-refractivity contribution in [3.63, 3.8) is 0 Å². The number of hydrogen-bond donors (Lipinski definition) is 0. The maximum atomic E-state index is 12.9. The third-order valence-corrected chi connectivity index (χ3v) is 7.51. The number of amides is 1. The number of rotatable bonds is 3. The van der Waals surface area contributed by atoms with Crippen LogP contribution in [-0.4, -0.2) is 34.6 Å². The summed E-state index contributed by atoms with van der Waals surface area (Å²) in [5.74, 6) is 0.470. The van der Waals surface area contributed by atoms with Crippen molar-refractivity contribution in [2.24, 2.45) is 4.99 Å². The van der Waals surface area contributed by atoms with Gasteiger partial charge in [0.1, 0.15) is 0 Å². The number of fused-ring (bicyclic) bond motifs is 1. The van der Waals surface area contributed by atoms with Gasteiger partial charge in [-0.3, -0.25) is 9.69 Å². The number of anilines is 1. The van der Waals surface area contributed by atoms with Gasteiger partial charge in [0.15, 0.2) is 5.17 Å². The molecule has 1 fully saturated rings. The average molecular weight is 448 g/mol. The lowest BCUT2D eigenvalue weighted by Gasteiger charge is -2.50. The molecule has 0 unspecified atom stereocenters. The van der Waals surface area contributed by atoms with E-state index in [2.05, 4.69) is 63.6 Å². The molecule has 0 radical (unpaired) electrons. The number of para-hydroxylation sites is 1. The molecule has 4 rings (SSSR count). The van der Waals surface area contributed by atoms with Crippen LogP contribution in [0.1, 0.15) is 63.6 Å². The Kier molecular flexibility index (Phi) is 5.97. The summed E-state index contributed by atoms with van der Waals surface area (Å²) in [5.41, 5.74) is 5.98. The summed E-state index contributed by atoms with van der Waals surface area (Å²) in [5, 5.41) is 0.712. The van der Waals surface area contributed by atoms with Crippen LogP contribution in [-0.2, 0) is 4.79 Å². The zero-order valence-corrected chi connectivity index (χ0v) is 21.0. The molecule has 2 heterocycles. The van der Waals surface area contributed by atoms with Crippen molar-refractivity contribution in [1.29, 1.82) is 0 Å². The van der Waals surface area contributed by atoms with E-state index in [0.29, 0.717) is 17.1 Å². The normalized spacial score (nSPS) is 22.9. The van der Waals surface area contributed by atoms with Crippen molar-refractivity contribution in [3.05, 3.63) is 64.1 Å². The van der Waals surface area contributed by atoms with Gasteiger partial charge in [0.2, 0.25) is 0 Å². The Labute approximate surface area is 196 Å². The second-order valence-corrected chi connectivity index (χ2v) is 10.9. The van der Waals surface area contributed by atoms with E-state index < -0.39 is 0 Å². The van der Waals surface area contributed by atoms with Gasteiger partial charge in [-0.25, -0.2) is 4.99 Å². The highest BCUT2D eigenvalue weighted by Crippen LogP contribution is 2.46. The third-order valence-electron chi connectivity index (χ3n) is 6.45. The second-order valence-electron chi connectivity index (χ2n) is 9.85. The van der Waals surface area contributed by atoms with E-state index in [0.717, 1.165) is 22.6 Å². The van der Waals surface area contributed by atoms with Crippen molar-refractivity contribution < 1.29 is 4.79 Å². The molecule has 2 aliphatic rings. The molecule has 32 heavy (non-hydrogen) atoms. The molecule has 2 aromatic carbocycles. The Bertz CT molecular complexity index is 1100. The number of nitrogens with zero attached hydrogens (tertiary/aromatic N) is 3. The van der Waals surface area contributed by atoms with Crippen LogP contribution in [0, 0.1) is 6.92 Å². The number of thioether (sulfide) groups is 1. The number of aliphatic imine (C=N–C) groups is 1. The Morgan fingerprint density at radius 3 is 2.53 bits per heavy atom. The van der Waals surface area contributed by atoms with E-state index in [-0.39, 0.29) is 11.4 Å². The van der Waals surface area contributed by atoms with Gasteiger partial charge in [0.05, 0.1) is 10.6 Å². The molecule has 0 saturated carbocycles. The van der Waals surface area contributed by atoms with E-state index in [1.54, 1.807) is 11.9 Å². The monoisotopic (exact) mass is 447 g/mol. The summed E-state index contributed by atoms with van der Waals surface area (Å²) < 4.78 is 0. The van der Waals surface area contributed by atoms with Crippen molar-refractivity contribution in [3.8, 4) is 0 Å². The van der Waals surface area contributed by atoms with Gasteiger partial charge in [-0.1, -0.05) is 25.1 Å². The topological polar surface area (TPSA) is 35.9 Å². The number of carbonyl (C=O) groups excluding carboxylic acids is 1. The molecule has 1 saturated heterocycles. The lowest BCUT2D eigenvalue weighted by atomic mass is 9.78. The second kappa shape index (κ2) is 8.43. The first-order valence-corrected chi connectivity index (χ1v) is 12.2. The molecule has 2 aromatic rings. The van der Waals surface area contributed by atoms with E-state index in [1.807, 2.05) is 36.4 Å². The summed E-state index contributed by atoms with van der Waals surface area (Å²) in [4.78, 5) is 22.5. The van der Waals surface area contributed by atoms with E-state index in [1.165, 1.54) is 28.6 Å². The quantitative estimate of drug-likeness (QED) is 0.489. The maximum Gasteiger partial charge on any atom is 0.266 e. The highest BCUT2D eigenvalue weighted by Gasteiger charge is 2.38. The fourth-order valence-corrected chi connectivity index (χ4v) is 6.13. The Morgan fingerprint density at radius 1 is 1.19 bits per heavy atom. The first kappa shape index (κ1) is 22.7. The van der Waals surface area contributed by atoms with Crippen LogP contribution in [0.3, 0.4) is 0 Å². The number of aryl methyl sites for hydroxylation is 1. The van der Waals surface area contributed by atoms with Crippen LogP contribution in [0.4, 0.5) is 11.4 Å². The molecule has 2 aliphatic heterocycles. The van der Waals surface area contributed by atoms with Gasteiger partial charge in [0.25, 0.3) is 5.91 Å². The smallest absolute Gasteiger partial charge is 0.266 e. The van der Waals surface area contributed by atoms with Crippen LogP contribution < -0.4 is 4.90 Å². The van der Waals surface area contributed by atoms with Crippen molar-refractivity contribution >= 4 is 40.3 Å². The molecule has 5 heteroatoms. The minimum atomic E-state index is -0.000194. The Balaban J connectivity index is 1.72. The third kappa shape index (κ3) is 4.11. The Hall–Kier alpha value is -2.53. The number of hydrogen-bond acceptors (Lipinski definition) is 4. The van der Waals surface area contributed by atoms with Gasteiger partial charge in [0, 0.05) is 24.3 Å². The zero-order valence-electron chi connectivity index (χ0n) is 20.1. The number of amidine groups is 1. The fraction of sp³-hybridized carbons (Fsp3) is 0.407. The van der Waals surface area contributed by atoms with Crippen molar-refractivity contribution in [2.45, 2.75) is 65.5 Å². The first-order valence-electron chi connectivity index (χ1n) is 11.3. The average Bonchev–Trinajstić information content (AvgIpc) is 2.97. The molecular weight excluding hydrogens is 414 g/mol. The van der Waals surface area contributed by atoms with Gasteiger partial charge in [-0.05, 0) is 106 Å². The largest absolute Gasteiger partial charge is 0.364 e. The van der Waals surface area contributed by atoms with E-state index >= 15 is 0 Å². The van der Waals surface area contributed by atoms with Crippen LogP contribution in [0.25, 0.3) is 6.08 Å². The van der Waals surface area contributed by atoms with Gasteiger partial charge in [-0.15, -0.1) is 0 Å². The minimum absolute atomic E-state index is 0.000194. The molecule has 0 spiro atoms. The van der Waals surface area contributed by atoms with E-state index in [4.69, 9.17) is 0 Å². The Morgan fingerprint density at radius 2 is 1.88 bits per heavy atom. The zero-order chi connectivity index (χ0) is 23.2. The van der Waals surface area contributed by atoms with Crippen molar-refractivity contribution in [1.82, 2.24) is 4.90 Å². The summed E-state index contributed by atoms with van der Waals surface area (Å²) in [6, 6.07) is 14.8. The highest BCUT2D eigenvalue weighted by atomic mass is 32.2. The molecule has 168 valence electrons. The predicted molar refractivity (Wildman–Crippen MR) is 138 cm³/mol. The minimum Gasteiger partial charge on any atom is -0.364 e. The lowest BCUT2D eigenvalue weighted by molar-refractivity contribution is -0.121. The summed E-state index contributed by atoms with van der Waals surface area (Å²) in [7, 11) is 1.79. The number of likely N-dealkylation sites (N-methyl/N-ethyl adjacent to an activating group) is 1. The summed E-state index contributed by atoms with van der Waals surface area (Å²) in [6.45, 7) is 13.7. The lowest BCUT2D eigenvalue weighted by Crippen LogP contribution is -2.51. The maximum absolute atomic E-state index is 12.9. The van der Waals surface area contributed by atoms with Gasteiger partial charge < -0.3 is 4.90 Å². The molecule has 1 atom stereocenters. The van der Waals surface area contributed by atoms with Gasteiger partial charge in [-0.2, -0.15) is 0 Å². The van der Waals surface area contributed by atoms with Crippen LogP contribution in [0.15, 0.2) is 52.4 Å². The highest BCUT2D eigenvalue weighted by molar-refractivity contribution is 8.18. The molecular formula is C27H33N3OS. The van der Waals surface area contributed by atoms with E-state index in [9.17, 15) is 4.79 Å². The summed E-state index contributed by atoms with van der Waals surface area (Å²) in [6.07, 6.45) is 3.15. The first-order chi connectivity index (χ1) is 15.1. The predicted octanol–water partition coefficient (Wildman–Crippen LogP) is 6.73. The molecule has 1 amide bonds. The molecule has 0 N–H and O–H groups in total. The number of benzene rings is 2. The van der Waals surface area contributed by atoms with Crippen molar-refractivity contribution in [2.75, 3.05) is 11.9 Å². The molecule has 0 bridgehead atoms.